The Hall–Kier alpha value is -3.36. The van der Waals surface area contributed by atoms with Gasteiger partial charge in [-0.1, -0.05) is 36.0 Å². The van der Waals surface area contributed by atoms with Gasteiger partial charge in [0.15, 0.2) is 10.9 Å². The lowest BCUT2D eigenvalue weighted by Crippen LogP contribution is -2.13. The van der Waals surface area contributed by atoms with E-state index in [1.54, 1.807) is 37.7 Å². The maximum Gasteiger partial charge on any atom is 0.291 e. The largest absolute Gasteiger partial charge is 0.491 e. The number of thioether (sulfide) groups is 1. The van der Waals surface area contributed by atoms with Crippen molar-refractivity contribution in [2.24, 2.45) is 0 Å². The molecule has 2 aromatic heterocycles. The minimum atomic E-state index is -0.324. The van der Waals surface area contributed by atoms with Gasteiger partial charge in [0.2, 0.25) is 0 Å². The monoisotopic (exact) mass is 435 g/mol. The number of para-hydroxylation sites is 1. The first-order chi connectivity index (χ1) is 15.2. The Morgan fingerprint density at radius 3 is 2.74 bits per heavy atom. The molecule has 0 bridgehead atoms. The fraction of sp³-hybridized carbons (Fsp3) is 0.174. The molecule has 0 saturated carbocycles. The molecule has 0 atom stereocenters. The number of benzene rings is 2. The van der Waals surface area contributed by atoms with E-state index in [9.17, 15) is 4.79 Å². The Morgan fingerprint density at radius 1 is 1.06 bits per heavy atom. The number of ether oxygens (including phenoxy) is 2. The van der Waals surface area contributed by atoms with Crippen LogP contribution in [0.2, 0.25) is 0 Å². The van der Waals surface area contributed by atoms with Crippen molar-refractivity contribution in [2.75, 3.05) is 25.6 Å². The van der Waals surface area contributed by atoms with Crippen LogP contribution in [0.15, 0.2) is 76.6 Å². The third-order valence-corrected chi connectivity index (χ3v) is 5.34. The van der Waals surface area contributed by atoms with E-state index in [2.05, 4.69) is 15.3 Å². The molecule has 0 aliphatic carbocycles. The molecule has 1 amide bonds. The molecule has 2 aromatic carbocycles. The summed E-state index contributed by atoms with van der Waals surface area (Å²) in [6.45, 7) is 0.919. The second-order valence-corrected chi connectivity index (χ2v) is 7.49. The van der Waals surface area contributed by atoms with Crippen LogP contribution in [-0.2, 0) is 10.5 Å². The van der Waals surface area contributed by atoms with Crippen LogP contribution in [0.1, 0.15) is 16.1 Å². The predicted octanol–water partition coefficient (Wildman–Crippen LogP) is 4.79. The molecule has 0 radical (unpaired) electrons. The van der Waals surface area contributed by atoms with Crippen molar-refractivity contribution in [1.82, 2.24) is 9.97 Å². The smallest absolute Gasteiger partial charge is 0.291 e. The molecule has 0 aliphatic heterocycles. The summed E-state index contributed by atoms with van der Waals surface area (Å²) < 4.78 is 16.5. The minimum Gasteiger partial charge on any atom is -0.491 e. The quantitative estimate of drug-likeness (QED) is 0.230. The first kappa shape index (κ1) is 20.9. The number of furan rings is 1. The number of carbonyl (C=O) groups is 1. The Balaban J connectivity index is 1.55. The number of amides is 1. The van der Waals surface area contributed by atoms with Gasteiger partial charge in [0, 0.05) is 48.0 Å². The van der Waals surface area contributed by atoms with Gasteiger partial charge < -0.3 is 19.2 Å². The fourth-order valence-electron chi connectivity index (χ4n) is 3.02. The summed E-state index contributed by atoms with van der Waals surface area (Å²) in [4.78, 5) is 21.6. The van der Waals surface area contributed by atoms with Gasteiger partial charge in [-0.05, 0) is 24.3 Å². The zero-order valence-electron chi connectivity index (χ0n) is 16.9. The van der Waals surface area contributed by atoms with E-state index in [-0.39, 0.29) is 11.7 Å². The Kier molecular flexibility index (Phi) is 6.81. The van der Waals surface area contributed by atoms with Crippen LogP contribution in [0, 0.1) is 0 Å². The van der Waals surface area contributed by atoms with Crippen molar-refractivity contribution in [3.8, 4) is 5.75 Å². The fourth-order valence-corrected chi connectivity index (χ4v) is 3.85. The van der Waals surface area contributed by atoms with Crippen molar-refractivity contribution in [1.29, 1.82) is 0 Å². The van der Waals surface area contributed by atoms with Crippen molar-refractivity contribution in [2.45, 2.75) is 10.9 Å². The number of aromatic nitrogens is 2. The topological polar surface area (TPSA) is 86.5 Å². The Bertz CT molecular complexity index is 1160. The van der Waals surface area contributed by atoms with Gasteiger partial charge >= 0.3 is 0 Å². The molecule has 8 heteroatoms. The highest BCUT2D eigenvalue weighted by Gasteiger charge is 2.21. The number of methoxy groups -OCH3 is 1. The molecule has 0 aliphatic rings. The van der Waals surface area contributed by atoms with Crippen molar-refractivity contribution < 1.29 is 18.7 Å². The number of nitrogens with one attached hydrogen (secondary N) is 1. The Morgan fingerprint density at radius 2 is 1.90 bits per heavy atom. The van der Waals surface area contributed by atoms with Gasteiger partial charge in [-0.15, -0.1) is 0 Å². The van der Waals surface area contributed by atoms with Crippen LogP contribution in [0.25, 0.3) is 11.0 Å². The standard InChI is InChI=1S/C23H21N3O4S/c1-28-12-13-29-17-7-4-6-16(14-17)26-22(27)21-19(15-31-23-24-10-5-11-25-23)18-8-2-3-9-20(18)30-21/h2-11,14H,12-13,15H2,1H3,(H,26,27). The molecular weight excluding hydrogens is 414 g/mol. The van der Waals surface area contributed by atoms with Gasteiger partial charge in [-0.25, -0.2) is 9.97 Å². The molecule has 7 nitrogen and oxygen atoms in total. The summed E-state index contributed by atoms with van der Waals surface area (Å²) in [5.74, 6) is 1.10. The predicted molar refractivity (Wildman–Crippen MR) is 120 cm³/mol. The summed E-state index contributed by atoms with van der Waals surface area (Å²) in [6, 6.07) is 16.6. The first-order valence-electron chi connectivity index (χ1n) is 9.68. The summed E-state index contributed by atoms with van der Waals surface area (Å²) >= 11 is 1.45. The molecule has 4 rings (SSSR count). The summed E-state index contributed by atoms with van der Waals surface area (Å²) in [6.07, 6.45) is 3.39. The van der Waals surface area contributed by atoms with Gasteiger partial charge in [-0.3, -0.25) is 4.79 Å². The van der Waals surface area contributed by atoms with Crippen LogP contribution >= 0.6 is 11.8 Å². The third kappa shape index (κ3) is 5.22. The van der Waals surface area contributed by atoms with Crippen LogP contribution in [0.5, 0.6) is 5.75 Å². The molecule has 4 aromatic rings. The van der Waals surface area contributed by atoms with Crippen molar-refractivity contribution in [3.63, 3.8) is 0 Å². The first-order valence-corrected chi connectivity index (χ1v) is 10.7. The molecule has 0 saturated heterocycles. The number of hydrogen-bond acceptors (Lipinski definition) is 7. The lowest BCUT2D eigenvalue weighted by Gasteiger charge is -2.09. The summed E-state index contributed by atoms with van der Waals surface area (Å²) in [5, 5.41) is 4.44. The molecule has 31 heavy (non-hydrogen) atoms. The number of fused-ring (bicyclic) bond motifs is 1. The Labute approximate surface area is 183 Å². The van der Waals surface area contributed by atoms with E-state index in [4.69, 9.17) is 13.9 Å². The normalized spacial score (nSPS) is 10.9. The second-order valence-electron chi connectivity index (χ2n) is 6.55. The lowest BCUT2D eigenvalue weighted by atomic mass is 10.1. The van der Waals surface area contributed by atoms with Crippen LogP contribution in [0.3, 0.4) is 0 Å². The maximum absolute atomic E-state index is 13.1. The van der Waals surface area contributed by atoms with Gasteiger partial charge in [0.05, 0.1) is 6.61 Å². The molecule has 2 heterocycles. The number of rotatable bonds is 9. The average Bonchev–Trinajstić information content (AvgIpc) is 3.18. The lowest BCUT2D eigenvalue weighted by molar-refractivity contribution is 0.0998. The highest BCUT2D eigenvalue weighted by atomic mass is 32.2. The number of carbonyl (C=O) groups excluding carboxylic acids is 1. The molecule has 158 valence electrons. The number of hydrogen-bond donors (Lipinski definition) is 1. The average molecular weight is 436 g/mol. The molecular formula is C23H21N3O4S. The van der Waals surface area contributed by atoms with Crippen LogP contribution in [-0.4, -0.2) is 36.2 Å². The van der Waals surface area contributed by atoms with Crippen LogP contribution in [0.4, 0.5) is 5.69 Å². The minimum absolute atomic E-state index is 0.273. The summed E-state index contributed by atoms with van der Waals surface area (Å²) in [5.41, 5.74) is 2.08. The molecule has 0 fully saturated rings. The van der Waals surface area contributed by atoms with E-state index < -0.39 is 0 Å². The van der Waals surface area contributed by atoms with Gasteiger partial charge in [0.1, 0.15) is 17.9 Å². The van der Waals surface area contributed by atoms with E-state index in [0.29, 0.717) is 41.1 Å². The van der Waals surface area contributed by atoms with Gasteiger partial charge in [0.25, 0.3) is 5.91 Å². The third-order valence-electron chi connectivity index (χ3n) is 4.44. The van der Waals surface area contributed by atoms with E-state index in [1.165, 1.54) is 11.8 Å². The SMILES string of the molecule is COCCOc1cccc(NC(=O)c2oc3ccccc3c2CSc2ncccn2)c1. The zero-order valence-corrected chi connectivity index (χ0v) is 17.7. The number of anilines is 1. The molecule has 0 spiro atoms. The van der Waals surface area contributed by atoms with Crippen molar-refractivity contribution >= 4 is 34.3 Å². The van der Waals surface area contributed by atoms with Gasteiger partial charge in [-0.2, -0.15) is 0 Å². The summed E-state index contributed by atoms with van der Waals surface area (Å²) in [7, 11) is 1.62. The highest BCUT2D eigenvalue weighted by molar-refractivity contribution is 7.98. The molecule has 0 unspecified atom stereocenters. The van der Waals surface area contributed by atoms with E-state index in [1.807, 2.05) is 36.4 Å². The van der Waals surface area contributed by atoms with E-state index >= 15 is 0 Å². The van der Waals surface area contributed by atoms with Crippen molar-refractivity contribution in [3.05, 3.63) is 78.3 Å². The number of nitrogens with zero attached hydrogens (tertiary/aromatic N) is 2. The highest BCUT2D eigenvalue weighted by Crippen LogP contribution is 2.31. The zero-order chi connectivity index (χ0) is 21.5. The maximum atomic E-state index is 13.1. The second kappa shape index (κ2) is 10.1. The van der Waals surface area contributed by atoms with Crippen LogP contribution < -0.4 is 10.1 Å². The van der Waals surface area contributed by atoms with E-state index in [0.717, 1.165) is 10.9 Å². The molecule has 1 N–H and O–H groups in total.